The SMILES string of the molecule is Cc1c(C(=O)N(c2ccccc2)S(=O)(=O)c2ccccc2)cccc1[N+](=O)[O-]. The number of benzene rings is 3. The molecular weight excluding hydrogens is 380 g/mol. The van der Waals surface area contributed by atoms with Crippen LogP contribution in [0.15, 0.2) is 83.8 Å². The summed E-state index contributed by atoms with van der Waals surface area (Å²) in [5.74, 6) is -0.865. The molecule has 8 heteroatoms. The van der Waals surface area contributed by atoms with Gasteiger partial charge in [-0.3, -0.25) is 14.9 Å². The molecule has 0 heterocycles. The molecule has 7 nitrogen and oxygen atoms in total. The molecule has 0 aliphatic heterocycles. The van der Waals surface area contributed by atoms with Crippen molar-refractivity contribution in [3.8, 4) is 0 Å². The zero-order chi connectivity index (χ0) is 20.3. The topological polar surface area (TPSA) is 97.6 Å². The fourth-order valence-corrected chi connectivity index (χ4v) is 4.22. The number of nitrogens with zero attached hydrogens (tertiary/aromatic N) is 2. The summed E-state index contributed by atoms with van der Waals surface area (Å²) in [5.41, 5.74) is -0.0718. The summed E-state index contributed by atoms with van der Waals surface area (Å²) in [7, 11) is -4.24. The Morgan fingerprint density at radius 1 is 0.893 bits per heavy atom. The highest BCUT2D eigenvalue weighted by Gasteiger charge is 2.33. The Morgan fingerprint density at radius 2 is 1.46 bits per heavy atom. The van der Waals surface area contributed by atoms with Crippen LogP contribution in [0.5, 0.6) is 0 Å². The van der Waals surface area contributed by atoms with Crippen molar-refractivity contribution in [2.24, 2.45) is 0 Å². The Morgan fingerprint density at radius 3 is 2.04 bits per heavy atom. The van der Waals surface area contributed by atoms with Gasteiger partial charge in [0.05, 0.1) is 21.1 Å². The zero-order valence-corrected chi connectivity index (χ0v) is 15.7. The summed E-state index contributed by atoms with van der Waals surface area (Å²) in [4.78, 5) is 23.8. The second-order valence-corrected chi connectivity index (χ2v) is 7.72. The van der Waals surface area contributed by atoms with Gasteiger partial charge in [0.15, 0.2) is 0 Å². The Hall–Kier alpha value is -3.52. The van der Waals surface area contributed by atoms with Crippen LogP contribution in [0.1, 0.15) is 15.9 Å². The van der Waals surface area contributed by atoms with Gasteiger partial charge in [-0.15, -0.1) is 0 Å². The van der Waals surface area contributed by atoms with E-state index in [2.05, 4.69) is 0 Å². The van der Waals surface area contributed by atoms with Gasteiger partial charge in [-0.25, -0.2) is 8.42 Å². The smallest absolute Gasteiger partial charge is 0.268 e. The molecule has 0 radical (unpaired) electrons. The molecule has 0 saturated carbocycles. The number of nitro groups is 1. The highest BCUT2D eigenvalue weighted by Crippen LogP contribution is 2.29. The van der Waals surface area contributed by atoms with E-state index < -0.39 is 20.9 Å². The van der Waals surface area contributed by atoms with Crippen molar-refractivity contribution < 1.29 is 18.1 Å². The van der Waals surface area contributed by atoms with E-state index in [1.54, 1.807) is 36.4 Å². The van der Waals surface area contributed by atoms with Crippen LogP contribution in [0.3, 0.4) is 0 Å². The van der Waals surface area contributed by atoms with Crippen LogP contribution in [0.25, 0.3) is 0 Å². The molecule has 3 aromatic rings. The third-order valence-electron chi connectivity index (χ3n) is 4.19. The van der Waals surface area contributed by atoms with Gasteiger partial charge in [0.1, 0.15) is 0 Å². The molecule has 0 atom stereocenters. The number of hydrogen-bond acceptors (Lipinski definition) is 5. The van der Waals surface area contributed by atoms with E-state index in [0.29, 0.717) is 4.31 Å². The molecule has 0 unspecified atom stereocenters. The van der Waals surface area contributed by atoms with Crippen LogP contribution in [0.4, 0.5) is 11.4 Å². The maximum absolute atomic E-state index is 13.3. The molecule has 3 rings (SSSR count). The van der Waals surface area contributed by atoms with Gasteiger partial charge in [0.25, 0.3) is 21.6 Å². The standard InChI is InChI=1S/C20H16N2O5S/c1-15-18(13-8-14-19(15)22(24)25)20(23)21(16-9-4-2-5-10-16)28(26,27)17-11-6-3-7-12-17/h2-14H,1H3. The lowest BCUT2D eigenvalue weighted by atomic mass is 10.1. The van der Waals surface area contributed by atoms with Gasteiger partial charge >= 0.3 is 0 Å². The highest BCUT2D eigenvalue weighted by molar-refractivity contribution is 7.93. The molecule has 0 aliphatic carbocycles. The second-order valence-electron chi connectivity index (χ2n) is 5.93. The minimum absolute atomic E-state index is 0.0578. The minimum Gasteiger partial charge on any atom is -0.268 e. The Balaban J connectivity index is 2.21. The van der Waals surface area contributed by atoms with Crippen molar-refractivity contribution in [2.45, 2.75) is 11.8 Å². The number of anilines is 1. The van der Waals surface area contributed by atoms with Gasteiger partial charge in [-0.2, -0.15) is 4.31 Å². The highest BCUT2D eigenvalue weighted by atomic mass is 32.2. The lowest BCUT2D eigenvalue weighted by Crippen LogP contribution is -2.37. The Labute approximate surface area is 162 Å². The average Bonchev–Trinajstić information content (AvgIpc) is 2.69. The van der Waals surface area contributed by atoms with E-state index in [4.69, 9.17) is 0 Å². The lowest BCUT2D eigenvalue weighted by Gasteiger charge is -2.23. The lowest BCUT2D eigenvalue weighted by molar-refractivity contribution is -0.385. The molecule has 142 valence electrons. The molecule has 28 heavy (non-hydrogen) atoms. The largest absolute Gasteiger partial charge is 0.273 e. The summed E-state index contributed by atoms with van der Waals surface area (Å²) in [6.45, 7) is 1.42. The Kier molecular flexibility index (Phi) is 5.23. The summed E-state index contributed by atoms with van der Waals surface area (Å²) < 4.78 is 27.2. The summed E-state index contributed by atoms with van der Waals surface area (Å²) >= 11 is 0. The van der Waals surface area contributed by atoms with E-state index >= 15 is 0 Å². The molecule has 3 aromatic carbocycles. The number of sulfonamides is 1. The van der Waals surface area contributed by atoms with Crippen molar-refractivity contribution in [3.05, 3.63) is 100 Å². The molecule has 0 spiro atoms. The van der Waals surface area contributed by atoms with Crippen LogP contribution in [0.2, 0.25) is 0 Å². The van der Waals surface area contributed by atoms with Gasteiger partial charge in [-0.05, 0) is 37.3 Å². The van der Waals surface area contributed by atoms with Crippen molar-refractivity contribution in [3.63, 3.8) is 0 Å². The molecule has 0 aromatic heterocycles. The summed E-state index contributed by atoms with van der Waals surface area (Å²) in [6.07, 6.45) is 0. The van der Waals surface area contributed by atoms with E-state index in [1.165, 1.54) is 49.4 Å². The first-order valence-corrected chi connectivity index (χ1v) is 9.72. The third-order valence-corrected chi connectivity index (χ3v) is 5.91. The molecule has 0 fully saturated rings. The number of nitro benzene ring substituents is 1. The van der Waals surface area contributed by atoms with Gasteiger partial charge in [0.2, 0.25) is 0 Å². The first-order chi connectivity index (χ1) is 13.3. The maximum Gasteiger partial charge on any atom is 0.273 e. The van der Waals surface area contributed by atoms with E-state index in [1.807, 2.05) is 0 Å². The van der Waals surface area contributed by atoms with Crippen molar-refractivity contribution >= 4 is 27.3 Å². The maximum atomic E-state index is 13.3. The van der Waals surface area contributed by atoms with Crippen LogP contribution in [-0.4, -0.2) is 19.2 Å². The molecular formula is C20H16N2O5S. The van der Waals surface area contributed by atoms with Crippen LogP contribution in [0, 0.1) is 17.0 Å². The van der Waals surface area contributed by atoms with Crippen molar-refractivity contribution in [1.29, 1.82) is 0 Å². The van der Waals surface area contributed by atoms with Crippen molar-refractivity contribution in [1.82, 2.24) is 0 Å². The normalized spacial score (nSPS) is 11.0. The summed E-state index contributed by atoms with van der Waals surface area (Å²) in [5, 5.41) is 11.2. The number of amides is 1. The molecule has 0 bridgehead atoms. The predicted octanol–water partition coefficient (Wildman–Crippen LogP) is 3.94. The third kappa shape index (κ3) is 3.49. The number of hydrogen-bond donors (Lipinski definition) is 0. The average molecular weight is 396 g/mol. The van der Waals surface area contributed by atoms with Gasteiger partial charge in [-0.1, -0.05) is 42.5 Å². The van der Waals surface area contributed by atoms with E-state index in [-0.39, 0.29) is 27.4 Å². The molecule has 0 aliphatic rings. The van der Waals surface area contributed by atoms with Crippen LogP contribution < -0.4 is 4.31 Å². The van der Waals surface area contributed by atoms with E-state index in [0.717, 1.165) is 0 Å². The molecule has 1 amide bonds. The molecule has 0 saturated heterocycles. The molecule has 0 N–H and O–H groups in total. The zero-order valence-electron chi connectivity index (χ0n) is 14.8. The fraction of sp³-hybridized carbons (Fsp3) is 0.0500. The number of carbonyl (C=O) groups is 1. The van der Waals surface area contributed by atoms with E-state index in [9.17, 15) is 23.3 Å². The number of rotatable bonds is 5. The first kappa shape index (κ1) is 19.2. The predicted molar refractivity (Wildman–Crippen MR) is 105 cm³/mol. The summed E-state index contributed by atoms with van der Waals surface area (Å²) in [6, 6.07) is 19.4. The van der Waals surface area contributed by atoms with Gasteiger partial charge < -0.3 is 0 Å². The van der Waals surface area contributed by atoms with Crippen molar-refractivity contribution in [2.75, 3.05) is 4.31 Å². The monoisotopic (exact) mass is 396 g/mol. The fourth-order valence-electron chi connectivity index (χ4n) is 2.79. The van der Waals surface area contributed by atoms with Crippen LogP contribution in [-0.2, 0) is 10.0 Å². The quantitative estimate of drug-likeness (QED) is 0.481. The van der Waals surface area contributed by atoms with Gasteiger partial charge in [0, 0.05) is 11.6 Å². The number of carbonyl (C=O) groups excluding carboxylic acids is 1. The minimum atomic E-state index is -4.24. The first-order valence-electron chi connectivity index (χ1n) is 8.28. The second kappa shape index (κ2) is 7.61. The Bertz CT molecular complexity index is 1130. The van der Waals surface area contributed by atoms with Crippen LogP contribution >= 0.6 is 0 Å². The number of para-hydroxylation sites is 1.